The van der Waals surface area contributed by atoms with Crippen LogP contribution in [-0.4, -0.2) is 14.7 Å². The van der Waals surface area contributed by atoms with E-state index in [1.165, 1.54) is 6.08 Å². The number of hydrogen-bond acceptors (Lipinski definition) is 2. The van der Waals surface area contributed by atoms with Gasteiger partial charge in [-0.2, -0.15) is 0 Å². The summed E-state index contributed by atoms with van der Waals surface area (Å²) in [5.41, 5.74) is 3.33. The zero-order valence-corrected chi connectivity index (χ0v) is 16.4. The van der Waals surface area contributed by atoms with Gasteiger partial charge >= 0.3 is 0 Å². The Kier molecular flexibility index (Phi) is 5.15. The number of aliphatic hydroxyl groups is 1. The molecule has 3 nitrogen and oxygen atoms in total. The highest BCUT2D eigenvalue weighted by Gasteiger charge is 2.39. The van der Waals surface area contributed by atoms with Gasteiger partial charge in [0.25, 0.3) is 0 Å². The minimum absolute atomic E-state index is 0.588. The smallest absolute Gasteiger partial charge is 0.121 e. The molecule has 1 unspecified atom stereocenters. The Labute approximate surface area is 171 Å². The molecule has 0 saturated heterocycles. The average molecular weight is 380 g/mol. The van der Waals surface area contributed by atoms with Crippen molar-refractivity contribution >= 4 is 0 Å². The van der Waals surface area contributed by atoms with Gasteiger partial charge in [-0.05, 0) is 23.6 Å². The van der Waals surface area contributed by atoms with Gasteiger partial charge in [-0.1, -0.05) is 97.1 Å². The van der Waals surface area contributed by atoms with E-state index < -0.39 is 11.6 Å². The van der Waals surface area contributed by atoms with E-state index >= 15 is 0 Å². The molecule has 0 fully saturated rings. The predicted octanol–water partition coefficient (Wildman–Crippen LogP) is 5.25. The first-order chi connectivity index (χ1) is 14.2. The first kappa shape index (κ1) is 18.9. The van der Waals surface area contributed by atoms with Crippen LogP contribution in [0.25, 0.3) is 0 Å². The lowest BCUT2D eigenvalue weighted by atomic mass is 9.76. The Morgan fingerprint density at radius 3 is 1.62 bits per heavy atom. The number of aromatic nitrogens is 2. The summed E-state index contributed by atoms with van der Waals surface area (Å²) in [6.45, 7) is 5.69. The number of rotatable bonds is 6. The maximum absolute atomic E-state index is 10.4. The lowest BCUT2D eigenvalue weighted by Crippen LogP contribution is -2.38. The standard InChI is InChI=1S/C26H24N2O/c1-3-25(29)24-19-28(20(2)27-24)26(21-13-7-4-8-14-21,22-15-9-5-10-16-22)23-17-11-6-12-18-23/h3-19,25,29H,1H2,2H3. The molecule has 0 saturated carbocycles. The fraction of sp³-hybridized carbons (Fsp3) is 0.115. The number of imidazole rings is 1. The largest absolute Gasteiger partial charge is 0.383 e. The van der Waals surface area contributed by atoms with Crippen molar-refractivity contribution < 1.29 is 5.11 Å². The van der Waals surface area contributed by atoms with Crippen molar-refractivity contribution in [2.45, 2.75) is 18.6 Å². The quantitative estimate of drug-likeness (QED) is 0.366. The lowest BCUT2D eigenvalue weighted by Gasteiger charge is -2.38. The van der Waals surface area contributed by atoms with Gasteiger partial charge in [-0.3, -0.25) is 0 Å². The molecule has 4 rings (SSSR count). The second-order valence-corrected chi connectivity index (χ2v) is 7.07. The third kappa shape index (κ3) is 3.20. The first-order valence-electron chi connectivity index (χ1n) is 9.71. The van der Waals surface area contributed by atoms with Crippen molar-refractivity contribution in [3.05, 3.63) is 138 Å². The Morgan fingerprint density at radius 1 is 0.828 bits per heavy atom. The number of aliphatic hydroxyl groups excluding tert-OH is 1. The SMILES string of the molecule is C=CC(O)c1cn(C(c2ccccc2)(c2ccccc2)c2ccccc2)c(C)n1. The van der Waals surface area contributed by atoms with E-state index in [1.54, 1.807) is 0 Å². The van der Waals surface area contributed by atoms with Gasteiger partial charge in [0.1, 0.15) is 17.5 Å². The third-order valence-electron chi connectivity index (χ3n) is 5.36. The Balaban J connectivity index is 2.12. The molecule has 144 valence electrons. The highest BCUT2D eigenvalue weighted by Crippen LogP contribution is 2.41. The molecule has 29 heavy (non-hydrogen) atoms. The van der Waals surface area contributed by atoms with Crippen molar-refractivity contribution in [3.63, 3.8) is 0 Å². The summed E-state index contributed by atoms with van der Waals surface area (Å²) < 4.78 is 2.16. The van der Waals surface area contributed by atoms with Crippen molar-refractivity contribution in [3.8, 4) is 0 Å². The molecule has 0 aliphatic rings. The Bertz CT molecular complexity index is 989. The van der Waals surface area contributed by atoms with Crippen LogP contribution in [0.1, 0.15) is 34.3 Å². The Morgan fingerprint density at radius 2 is 1.24 bits per heavy atom. The highest BCUT2D eigenvalue weighted by molar-refractivity contribution is 5.51. The van der Waals surface area contributed by atoms with Crippen LogP contribution in [0.5, 0.6) is 0 Å². The third-order valence-corrected chi connectivity index (χ3v) is 5.36. The summed E-state index contributed by atoms with van der Waals surface area (Å²) in [6, 6.07) is 31.3. The molecule has 0 amide bonds. The van der Waals surface area contributed by atoms with Crippen LogP contribution >= 0.6 is 0 Å². The molecular formula is C26H24N2O. The van der Waals surface area contributed by atoms with E-state index in [4.69, 9.17) is 0 Å². The van der Waals surface area contributed by atoms with Crippen molar-refractivity contribution in [1.82, 2.24) is 9.55 Å². The molecule has 0 bridgehead atoms. The van der Waals surface area contributed by atoms with Crippen molar-refractivity contribution in [2.24, 2.45) is 0 Å². The second-order valence-electron chi connectivity index (χ2n) is 7.07. The summed E-state index contributed by atoms with van der Waals surface area (Å²) in [5.74, 6) is 0.817. The maximum atomic E-state index is 10.4. The summed E-state index contributed by atoms with van der Waals surface area (Å²) in [5, 5.41) is 10.4. The molecule has 3 aromatic carbocycles. The van der Waals surface area contributed by atoms with Gasteiger partial charge in [0, 0.05) is 6.20 Å². The van der Waals surface area contributed by atoms with Gasteiger partial charge in [-0.25, -0.2) is 4.98 Å². The van der Waals surface area contributed by atoms with E-state index in [-0.39, 0.29) is 0 Å². The van der Waals surface area contributed by atoms with Crippen LogP contribution in [0, 0.1) is 6.92 Å². The number of nitrogens with zero attached hydrogens (tertiary/aromatic N) is 2. The van der Waals surface area contributed by atoms with E-state index in [1.807, 2.05) is 31.3 Å². The summed E-state index contributed by atoms with van der Waals surface area (Å²) in [4.78, 5) is 4.67. The Hall–Kier alpha value is -3.43. The van der Waals surface area contributed by atoms with Gasteiger partial charge < -0.3 is 9.67 Å². The van der Waals surface area contributed by atoms with E-state index in [0.29, 0.717) is 5.69 Å². The van der Waals surface area contributed by atoms with Crippen LogP contribution in [0.3, 0.4) is 0 Å². The van der Waals surface area contributed by atoms with Gasteiger partial charge in [0.05, 0.1) is 5.69 Å². The van der Waals surface area contributed by atoms with Crippen LogP contribution in [-0.2, 0) is 5.54 Å². The van der Waals surface area contributed by atoms with Crippen LogP contribution < -0.4 is 0 Å². The number of hydrogen-bond donors (Lipinski definition) is 1. The molecule has 0 spiro atoms. The van der Waals surface area contributed by atoms with Crippen LogP contribution in [0.2, 0.25) is 0 Å². The number of benzene rings is 3. The number of aryl methyl sites for hydroxylation is 1. The van der Waals surface area contributed by atoms with E-state index in [9.17, 15) is 5.11 Å². The molecule has 1 aromatic heterocycles. The topological polar surface area (TPSA) is 38.0 Å². The predicted molar refractivity (Wildman–Crippen MR) is 117 cm³/mol. The molecular weight excluding hydrogens is 356 g/mol. The van der Waals surface area contributed by atoms with Crippen molar-refractivity contribution in [1.29, 1.82) is 0 Å². The normalized spacial score (nSPS) is 12.5. The minimum Gasteiger partial charge on any atom is -0.383 e. The monoisotopic (exact) mass is 380 g/mol. The fourth-order valence-electron chi connectivity index (χ4n) is 4.05. The zero-order chi connectivity index (χ0) is 20.3. The van der Waals surface area contributed by atoms with Gasteiger partial charge in [0.2, 0.25) is 0 Å². The van der Waals surface area contributed by atoms with Crippen molar-refractivity contribution in [2.75, 3.05) is 0 Å². The maximum Gasteiger partial charge on any atom is 0.121 e. The van der Waals surface area contributed by atoms with Gasteiger partial charge in [0.15, 0.2) is 0 Å². The molecule has 3 heteroatoms. The second kappa shape index (κ2) is 7.90. The summed E-state index contributed by atoms with van der Waals surface area (Å²) in [6.07, 6.45) is 2.63. The van der Waals surface area contributed by atoms with Crippen LogP contribution in [0.15, 0.2) is 110 Å². The molecule has 1 N–H and O–H groups in total. The molecule has 0 aliphatic carbocycles. The molecule has 4 aromatic rings. The zero-order valence-electron chi connectivity index (χ0n) is 16.4. The average Bonchev–Trinajstić information content (AvgIpc) is 3.18. The van der Waals surface area contributed by atoms with E-state index in [0.717, 1.165) is 22.5 Å². The van der Waals surface area contributed by atoms with E-state index in [2.05, 4.69) is 88.9 Å². The van der Waals surface area contributed by atoms with Crippen LogP contribution in [0.4, 0.5) is 0 Å². The lowest BCUT2D eigenvalue weighted by molar-refractivity contribution is 0.224. The van der Waals surface area contributed by atoms with Gasteiger partial charge in [-0.15, -0.1) is 6.58 Å². The highest BCUT2D eigenvalue weighted by atomic mass is 16.3. The molecule has 1 atom stereocenters. The molecule has 0 radical (unpaired) electrons. The molecule has 0 aliphatic heterocycles. The first-order valence-corrected chi connectivity index (χ1v) is 9.71. The summed E-state index contributed by atoms with van der Waals surface area (Å²) >= 11 is 0. The molecule has 1 heterocycles. The fourth-order valence-corrected chi connectivity index (χ4v) is 4.05. The minimum atomic E-state index is -0.810. The summed E-state index contributed by atoms with van der Waals surface area (Å²) in [7, 11) is 0.